The van der Waals surface area contributed by atoms with Crippen molar-refractivity contribution in [2.45, 2.75) is 11.3 Å². The van der Waals surface area contributed by atoms with Crippen molar-refractivity contribution in [1.29, 1.82) is 0 Å². The fraction of sp³-hybridized carbons (Fsp3) is 0.118. The highest BCUT2D eigenvalue weighted by Crippen LogP contribution is 2.31. The molecule has 8 nitrogen and oxygen atoms in total. The number of hydrogen-bond acceptors (Lipinski definition) is 7. The SMILES string of the molecule is COc1ccc(Cl)cc1NS(=O)(=O)c1nnc(NC(=O)c2ccc(C)cc2)s1. The molecule has 0 atom stereocenters. The smallest absolute Gasteiger partial charge is 0.291 e. The highest BCUT2D eigenvalue weighted by atomic mass is 35.5. The van der Waals surface area contributed by atoms with Gasteiger partial charge >= 0.3 is 0 Å². The molecule has 2 aromatic carbocycles. The van der Waals surface area contributed by atoms with Gasteiger partial charge in [-0.25, -0.2) is 0 Å². The largest absolute Gasteiger partial charge is 0.495 e. The minimum Gasteiger partial charge on any atom is -0.495 e. The molecule has 0 saturated heterocycles. The Hall–Kier alpha value is -2.69. The molecule has 0 aliphatic carbocycles. The summed E-state index contributed by atoms with van der Waals surface area (Å²) in [6, 6.07) is 11.4. The molecule has 11 heteroatoms. The molecule has 1 aromatic heterocycles. The fourth-order valence-corrected chi connectivity index (χ4v) is 4.32. The molecule has 3 aromatic rings. The fourth-order valence-electron chi connectivity index (χ4n) is 2.19. The number of methoxy groups -OCH3 is 1. The van der Waals surface area contributed by atoms with Gasteiger partial charge in [0, 0.05) is 10.6 Å². The average molecular weight is 439 g/mol. The lowest BCUT2D eigenvalue weighted by atomic mass is 10.1. The van der Waals surface area contributed by atoms with E-state index in [1.807, 2.05) is 6.92 Å². The summed E-state index contributed by atoms with van der Waals surface area (Å²) in [5.41, 5.74) is 1.60. The average Bonchev–Trinajstić information content (AvgIpc) is 3.11. The Balaban J connectivity index is 1.78. The molecule has 0 radical (unpaired) electrons. The first kappa shape index (κ1) is 20.1. The van der Waals surface area contributed by atoms with E-state index in [4.69, 9.17) is 16.3 Å². The van der Waals surface area contributed by atoms with Gasteiger partial charge in [0.25, 0.3) is 20.3 Å². The molecule has 146 valence electrons. The van der Waals surface area contributed by atoms with Crippen LogP contribution in [0.2, 0.25) is 5.02 Å². The predicted octanol–water partition coefficient (Wildman–Crippen LogP) is 3.56. The van der Waals surface area contributed by atoms with Gasteiger partial charge in [0.2, 0.25) is 5.13 Å². The Morgan fingerprint density at radius 2 is 1.86 bits per heavy atom. The molecule has 0 spiro atoms. The van der Waals surface area contributed by atoms with Crippen molar-refractivity contribution in [2.24, 2.45) is 0 Å². The molecule has 3 rings (SSSR count). The first-order valence-corrected chi connectivity index (χ1v) is 10.5. The normalized spacial score (nSPS) is 11.1. The van der Waals surface area contributed by atoms with Crippen molar-refractivity contribution in [1.82, 2.24) is 10.2 Å². The summed E-state index contributed by atoms with van der Waals surface area (Å²) in [4.78, 5) is 12.2. The Morgan fingerprint density at radius 3 is 2.54 bits per heavy atom. The number of aryl methyl sites for hydroxylation is 1. The molecule has 0 aliphatic rings. The van der Waals surface area contributed by atoms with Crippen LogP contribution in [0.1, 0.15) is 15.9 Å². The first-order valence-electron chi connectivity index (χ1n) is 7.86. The van der Waals surface area contributed by atoms with Crippen LogP contribution < -0.4 is 14.8 Å². The van der Waals surface area contributed by atoms with Crippen LogP contribution >= 0.6 is 22.9 Å². The van der Waals surface area contributed by atoms with E-state index >= 15 is 0 Å². The number of nitrogens with one attached hydrogen (secondary N) is 2. The van der Waals surface area contributed by atoms with Crippen molar-refractivity contribution in [3.8, 4) is 5.75 Å². The van der Waals surface area contributed by atoms with Crippen LogP contribution in [0.5, 0.6) is 5.75 Å². The number of rotatable bonds is 6. The van der Waals surface area contributed by atoms with Crippen LogP contribution in [0.15, 0.2) is 46.8 Å². The molecule has 1 heterocycles. The predicted molar refractivity (Wildman–Crippen MR) is 108 cm³/mol. The van der Waals surface area contributed by atoms with E-state index in [1.54, 1.807) is 30.3 Å². The van der Waals surface area contributed by atoms with E-state index in [-0.39, 0.29) is 15.2 Å². The van der Waals surface area contributed by atoms with Gasteiger partial charge in [0.15, 0.2) is 0 Å². The maximum absolute atomic E-state index is 12.6. The zero-order chi connectivity index (χ0) is 20.3. The highest BCUT2D eigenvalue weighted by molar-refractivity contribution is 7.94. The van der Waals surface area contributed by atoms with Crippen LogP contribution in [0.25, 0.3) is 0 Å². The van der Waals surface area contributed by atoms with Crippen molar-refractivity contribution in [3.05, 3.63) is 58.6 Å². The summed E-state index contributed by atoms with van der Waals surface area (Å²) >= 11 is 6.64. The number of nitrogens with zero attached hydrogens (tertiary/aromatic N) is 2. The van der Waals surface area contributed by atoms with Crippen LogP contribution in [-0.4, -0.2) is 31.6 Å². The minimum absolute atomic E-state index is 0.0593. The molecular weight excluding hydrogens is 424 g/mol. The third-order valence-electron chi connectivity index (χ3n) is 3.58. The topological polar surface area (TPSA) is 110 Å². The van der Waals surface area contributed by atoms with Crippen LogP contribution in [0.3, 0.4) is 0 Å². The number of carbonyl (C=O) groups is 1. The summed E-state index contributed by atoms with van der Waals surface area (Å²) in [6.07, 6.45) is 0. The molecule has 0 bridgehead atoms. The second kappa shape index (κ2) is 8.13. The number of ether oxygens (including phenoxy) is 1. The number of halogens is 1. The lowest BCUT2D eigenvalue weighted by molar-refractivity contribution is 0.102. The summed E-state index contributed by atoms with van der Waals surface area (Å²) < 4.78 is 32.3. The van der Waals surface area contributed by atoms with Crippen LogP contribution in [0, 0.1) is 6.92 Å². The summed E-state index contributed by atoms with van der Waals surface area (Å²) in [7, 11) is -2.64. The Morgan fingerprint density at radius 1 is 1.14 bits per heavy atom. The van der Waals surface area contributed by atoms with Gasteiger partial charge < -0.3 is 4.74 Å². The van der Waals surface area contributed by atoms with Crippen LogP contribution in [0.4, 0.5) is 10.8 Å². The summed E-state index contributed by atoms with van der Waals surface area (Å²) in [5.74, 6) is -0.116. The second-order valence-electron chi connectivity index (χ2n) is 5.64. The third-order valence-corrected chi connectivity index (χ3v) is 6.38. The van der Waals surface area contributed by atoms with Gasteiger partial charge in [-0.05, 0) is 37.3 Å². The zero-order valence-electron chi connectivity index (χ0n) is 14.8. The number of anilines is 2. The lowest BCUT2D eigenvalue weighted by Crippen LogP contribution is -2.13. The van der Waals surface area contributed by atoms with Crippen LogP contribution in [-0.2, 0) is 10.0 Å². The Labute approximate surface area is 170 Å². The molecule has 0 unspecified atom stereocenters. The third kappa shape index (κ3) is 4.58. The maximum Gasteiger partial charge on any atom is 0.291 e. The van der Waals surface area contributed by atoms with E-state index in [2.05, 4.69) is 20.2 Å². The monoisotopic (exact) mass is 438 g/mol. The first-order chi connectivity index (χ1) is 13.3. The van der Waals surface area contributed by atoms with Crippen molar-refractivity contribution in [2.75, 3.05) is 17.1 Å². The van der Waals surface area contributed by atoms with E-state index in [1.165, 1.54) is 19.2 Å². The minimum atomic E-state index is -4.04. The van der Waals surface area contributed by atoms with Gasteiger partial charge in [-0.2, -0.15) is 8.42 Å². The van der Waals surface area contributed by atoms with Crippen molar-refractivity contribution in [3.63, 3.8) is 0 Å². The second-order valence-corrected chi connectivity index (χ2v) is 8.91. The number of hydrogen-bond donors (Lipinski definition) is 2. The molecule has 2 N–H and O–H groups in total. The van der Waals surface area contributed by atoms with Gasteiger partial charge in [0.1, 0.15) is 5.75 Å². The molecule has 0 saturated carbocycles. The highest BCUT2D eigenvalue weighted by Gasteiger charge is 2.23. The maximum atomic E-state index is 12.6. The Kier molecular flexibility index (Phi) is 5.82. The number of amides is 1. The molecule has 0 fully saturated rings. The summed E-state index contributed by atoms with van der Waals surface area (Å²) in [6.45, 7) is 1.91. The molecule has 28 heavy (non-hydrogen) atoms. The van der Waals surface area contributed by atoms with E-state index < -0.39 is 15.9 Å². The number of aromatic nitrogens is 2. The van der Waals surface area contributed by atoms with Gasteiger partial charge in [-0.3, -0.25) is 14.8 Å². The Bertz CT molecular complexity index is 1110. The number of sulfonamides is 1. The number of benzene rings is 2. The molecule has 1 amide bonds. The van der Waals surface area contributed by atoms with Gasteiger partial charge in [0.05, 0.1) is 12.8 Å². The number of carbonyl (C=O) groups excluding carboxylic acids is 1. The van der Waals surface area contributed by atoms with E-state index in [9.17, 15) is 13.2 Å². The van der Waals surface area contributed by atoms with E-state index in [0.717, 1.165) is 16.9 Å². The molecule has 0 aliphatic heterocycles. The van der Waals surface area contributed by atoms with E-state index in [0.29, 0.717) is 16.3 Å². The lowest BCUT2D eigenvalue weighted by Gasteiger charge is -2.10. The van der Waals surface area contributed by atoms with Gasteiger partial charge in [-0.15, -0.1) is 10.2 Å². The van der Waals surface area contributed by atoms with Crippen molar-refractivity contribution >= 4 is 49.7 Å². The zero-order valence-corrected chi connectivity index (χ0v) is 17.2. The van der Waals surface area contributed by atoms with Crippen molar-refractivity contribution < 1.29 is 17.9 Å². The molecular formula is C17H15ClN4O4S2. The van der Waals surface area contributed by atoms with Gasteiger partial charge in [-0.1, -0.05) is 40.6 Å². The quantitative estimate of drug-likeness (QED) is 0.569. The summed E-state index contributed by atoms with van der Waals surface area (Å²) in [5, 5.41) is 10.3. The standard InChI is InChI=1S/C17H15ClN4O4S2/c1-10-3-5-11(6-4-10)15(23)19-16-20-21-17(27-16)28(24,25)22-13-9-12(18)7-8-14(13)26-2/h3-9,22H,1-2H3,(H,19,20,23).